The smallest absolute Gasteiger partial charge is 0.410 e. The van der Waals surface area contributed by atoms with Crippen LogP contribution in [0.1, 0.15) is 45.6 Å². The summed E-state index contributed by atoms with van der Waals surface area (Å²) in [7, 11) is 0. The highest BCUT2D eigenvalue weighted by Crippen LogP contribution is 2.40. The summed E-state index contributed by atoms with van der Waals surface area (Å²) in [6, 6.07) is 11.3. The highest BCUT2D eigenvalue weighted by atomic mass is 16.6. The molecule has 2 saturated heterocycles. The molecule has 1 amide bonds. The Balaban J connectivity index is 1.68. The summed E-state index contributed by atoms with van der Waals surface area (Å²) in [6.45, 7) is 10.7. The number of hydrogen-bond acceptors (Lipinski definition) is 3. The van der Waals surface area contributed by atoms with E-state index in [-0.39, 0.29) is 24.1 Å². The Hall–Kier alpha value is -1.81. The van der Waals surface area contributed by atoms with Gasteiger partial charge < -0.3 is 15.0 Å². The van der Waals surface area contributed by atoms with Crippen LogP contribution in [0.25, 0.3) is 0 Å². The second kappa shape index (κ2) is 7.20. The van der Waals surface area contributed by atoms with Gasteiger partial charge in [-0.1, -0.05) is 36.4 Å². The van der Waals surface area contributed by atoms with Gasteiger partial charge in [0.1, 0.15) is 5.60 Å². The molecule has 136 valence electrons. The van der Waals surface area contributed by atoms with Crippen LogP contribution in [0.2, 0.25) is 0 Å². The number of rotatable bonds is 4. The van der Waals surface area contributed by atoms with Crippen LogP contribution in [0.15, 0.2) is 43.0 Å². The van der Waals surface area contributed by atoms with Gasteiger partial charge in [0, 0.05) is 30.6 Å². The summed E-state index contributed by atoms with van der Waals surface area (Å²) in [4.78, 5) is 14.7. The number of benzene rings is 1. The predicted molar refractivity (Wildman–Crippen MR) is 100 cm³/mol. The first-order valence-electron chi connectivity index (χ1n) is 9.30. The molecular formula is C21H30N2O2. The lowest BCUT2D eigenvalue weighted by atomic mass is 9.85. The summed E-state index contributed by atoms with van der Waals surface area (Å²) in [5.41, 5.74) is 0.829. The van der Waals surface area contributed by atoms with Gasteiger partial charge in [0.15, 0.2) is 0 Å². The van der Waals surface area contributed by atoms with Crippen molar-refractivity contribution in [2.24, 2.45) is 5.92 Å². The minimum Gasteiger partial charge on any atom is -0.444 e. The summed E-state index contributed by atoms with van der Waals surface area (Å²) in [6.07, 6.45) is 4.89. The Morgan fingerprint density at radius 1 is 1.32 bits per heavy atom. The molecule has 1 N–H and O–H groups in total. The van der Waals surface area contributed by atoms with Crippen molar-refractivity contribution in [3.63, 3.8) is 0 Å². The number of ether oxygens (including phenoxy) is 1. The van der Waals surface area contributed by atoms with E-state index in [9.17, 15) is 4.79 Å². The third-order valence-electron chi connectivity index (χ3n) is 5.27. The monoisotopic (exact) mass is 342 g/mol. The zero-order valence-electron chi connectivity index (χ0n) is 15.6. The maximum Gasteiger partial charge on any atom is 0.410 e. The number of nitrogens with zero attached hydrogens (tertiary/aromatic N) is 1. The van der Waals surface area contributed by atoms with Gasteiger partial charge in [-0.15, -0.1) is 6.58 Å². The SMILES string of the molecule is C=C[C@H]1C2CCC(C[C@H]1NCc1ccccc1)N2C(=O)OC(C)(C)C. The van der Waals surface area contributed by atoms with Gasteiger partial charge in [-0.2, -0.15) is 0 Å². The molecule has 0 saturated carbocycles. The standard InChI is InChI=1S/C21H30N2O2/c1-5-17-18(22-14-15-9-7-6-8-10-15)13-16-11-12-19(17)23(16)20(24)25-21(2,3)4/h5-10,16-19,22H,1,11-14H2,2-4H3/t16?,17-,18-,19?/m1/s1. The maximum absolute atomic E-state index is 12.7. The molecule has 2 heterocycles. The number of hydrogen-bond donors (Lipinski definition) is 1. The van der Waals surface area contributed by atoms with Crippen LogP contribution in [0.4, 0.5) is 4.79 Å². The van der Waals surface area contributed by atoms with Gasteiger partial charge in [0.05, 0.1) is 0 Å². The van der Waals surface area contributed by atoms with Crippen LogP contribution in [0, 0.1) is 5.92 Å². The van der Waals surface area contributed by atoms with Crippen LogP contribution >= 0.6 is 0 Å². The predicted octanol–water partition coefficient (Wildman–Crippen LogP) is 4.12. The van der Waals surface area contributed by atoms with Gasteiger partial charge in [-0.3, -0.25) is 0 Å². The number of carbonyl (C=O) groups excluding carboxylic acids is 1. The van der Waals surface area contributed by atoms with Crippen LogP contribution in [0.3, 0.4) is 0 Å². The minimum absolute atomic E-state index is 0.173. The Labute approximate surface area is 151 Å². The molecule has 25 heavy (non-hydrogen) atoms. The summed E-state index contributed by atoms with van der Waals surface area (Å²) < 4.78 is 5.65. The third-order valence-corrected chi connectivity index (χ3v) is 5.27. The molecule has 2 unspecified atom stereocenters. The molecule has 0 aliphatic carbocycles. The molecule has 4 nitrogen and oxygen atoms in total. The molecule has 1 aromatic rings. The van der Waals surface area contributed by atoms with Gasteiger partial charge >= 0.3 is 6.09 Å². The van der Waals surface area contributed by atoms with Crippen molar-refractivity contribution in [2.75, 3.05) is 0 Å². The van der Waals surface area contributed by atoms with Gasteiger partial charge in [-0.25, -0.2) is 4.79 Å². The van der Waals surface area contributed by atoms with Gasteiger partial charge in [-0.05, 0) is 45.6 Å². The molecular weight excluding hydrogens is 312 g/mol. The lowest BCUT2D eigenvalue weighted by Crippen LogP contribution is -2.57. The molecule has 4 atom stereocenters. The van der Waals surface area contributed by atoms with E-state index in [0.717, 1.165) is 25.8 Å². The quantitative estimate of drug-likeness (QED) is 0.837. The summed E-state index contributed by atoms with van der Waals surface area (Å²) >= 11 is 0. The van der Waals surface area contributed by atoms with E-state index in [1.165, 1.54) is 5.56 Å². The van der Waals surface area contributed by atoms with Gasteiger partial charge in [0.2, 0.25) is 0 Å². The average Bonchev–Trinajstić information content (AvgIpc) is 2.88. The van der Waals surface area contributed by atoms with Crippen molar-refractivity contribution >= 4 is 6.09 Å². The van der Waals surface area contributed by atoms with Crippen LogP contribution < -0.4 is 5.32 Å². The largest absolute Gasteiger partial charge is 0.444 e. The van der Waals surface area contributed by atoms with Crippen molar-refractivity contribution in [2.45, 2.75) is 70.3 Å². The van der Waals surface area contributed by atoms with E-state index in [1.807, 2.05) is 37.8 Å². The molecule has 2 fully saturated rings. The van der Waals surface area contributed by atoms with Crippen molar-refractivity contribution in [1.82, 2.24) is 10.2 Å². The van der Waals surface area contributed by atoms with E-state index < -0.39 is 5.60 Å². The van der Waals surface area contributed by atoms with Crippen molar-refractivity contribution in [1.29, 1.82) is 0 Å². The molecule has 2 aliphatic rings. The zero-order chi connectivity index (χ0) is 18.0. The molecule has 2 aliphatic heterocycles. The number of amides is 1. The first-order valence-corrected chi connectivity index (χ1v) is 9.30. The Morgan fingerprint density at radius 3 is 2.68 bits per heavy atom. The first-order chi connectivity index (χ1) is 11.9. The van der Waals surface area contributed by atoms with E-state index in [2.05, 4.69) is 36.2 Å². The lowest BCUT2D eigenvalue weighted by molar-refractivity contribution is -0.00234. The van der Waals surface area contributed by atoms with Crippen LogP contribution in [-0.4, -0.2) is 34.7 Å². The average molecular weight is 342 g/mol. The second-order valence-corrected chi connectivity index (χ2v) is 8.21. The molecule has 4 heteroatoms. The molecule has 2 bridgehead atoms. The van der Waals surface area contributed by atoms with Crippen LogP contribution in [-0.2, 0) is 11.3 Å². The minimum atomic E-state index is -0.456. The first kappa shape index (κ1) is 18.0. The molecule has 0 aromatic heterocycles. The molecule has 1 aromatic carbocycles. The van der Waals surface area contributed by atoms with Crippen LogP contribution in [0.5, 0.6) is 0 Å². The number of carbonyl (C=O) groups is 1. The summed E-state index contributed by atoms with van der Waals surface area (Å²) in [5.74, 6) is 0.259. The van der Waals surface area contributed by atoms with Crippen molar-refractivity contribution in [3.8, 4) is 0 Å². The topological polar surface area (TPSA) is 41.6 Å². The Kier molecular flexibility index (Phi) is 5.19. The third kappa shape index (κ3) is 4.06. The number of piperidine rings is 1. The fourth-order valence-electron chi connectivity index (χ4n) is 4.22. The lowest BCUT2D eigenvalue weighted by Gasteiger charge is -2.44. The maximum atomic E-state index is 12.7. The van der Waals surface area contributed by atoms with Crippen molar-refractivity contribution in [3.05, 3.63) is 48.6 Å². The van der Waals surface area contributed by atoms with E-state index in [0.29, 0.717) is 6.04 Å². The Bertz CT molecular complexity index is 608. The van der Waals surface area contributed by atoms with E-state index >= 15 is 0 Å². The molecule has 0 radical (unpaired) electrons. The second-order valence-electron chi connectivity index (χ2n) is 8.21. The number of nitrogens with one attached hydrogen (secondary N) is 1. The zero-order valence-corrected chi connectivity index (χ0v) is 15.6. The van der Waals surface area contributed by atoms with E-state index in [1.54, 1.807) is 0 Å². The Morgan fingerprint density at radius 2 is 2.04 bits per heavy atom. The molecule has 0 spiro atoms. The summed E-state index contributed by atoms with van der Waals surface area (Å²) in [5, 5.41) is 3.70. The van der Waals surface area contributed by atoms with Crippen molar-refractivity contribution < 1.29 is 9.53 Å². The van der Waals surface area contributed by atoms with E-state index in [4.69, 9.17) is 4.74 Å². The van der Waals surface area contributed by atoms with Gasteiger partial charge in [0.25, 0.3) is 0 Å². The fourth-order valence-corrected chi connectivity index (χ4v) is 4.22. The highest BCUT2D eigenvalue weighted by Gasteiger charge is 2.49. The number of fused-ring (bicyclic) bond motifs is 2. The highest BCUT2D eigenvalue weighted by molar-refractivity contribution is 5.70. The normalized spacial score (nSPS) is 28.7. The molecule has 3 rings (SSSR count). The fraction of sp³-hybridized carbons (Fsp3) is 0.571.